The van der Waals surface area contributed by atoms with Crippen LogP contribution in [0.2, 0.25) is 0 Å². The molecule has 1 aliphatic rings. The highest BCUT2D eigenvalue weighted by Gasteiger charge is 2.21. The highest BCUT2D eigenvalue weighted by molar-refractivity contribution is 6.09. The van der Waals surface area contributed by atoms with Crippen LogP contribution < -0.4 is 19.8 Å². The molecule has 4 rings (SSSR count). The molecule has 1 aliphatic heterocycles. The Morgan fingerprint density at radius 3 is 2.50 bits per heavy atom. The lowest BCUT2D eigenvalue weighted by Crippen LogP contribution is -2.02. The van der Waals surface area contributed by atoms with E-state index in [9.17, 15) is 9.90 Å². The van der Waals surface area contributed by atoms with Crippen LogP contribution in [0.4, 0.5) is 0 Å². The fourth-order valence-electron chi connectivity index (χ4n) is 2.85. The molecule has 1 N–H and O–H groups in total. The van der Waals surface area contributed by atoms with Gasteiger partial charge in [-0.15, -0.1) is 0 Å². The van der Waals surface area contributed by atoms with Crippen LogP contribution in [0, 0.1) is 6.92 Å². The molecule has 22 heavy (non-hydrogen) atoms. The van der Waals surface area contributed by atoms with Gasteiger partial charge < -0.3 is 23.7 Å². The van der Waals surface area contributed by atoms with E-state index in [1.54, 1.807) is 18.2 Å². The molecule has 0 bridgehead atoms. The standard InChI is InChI=1S/C16H12O6/c1-7-3-10(17)14(19-2)15-13(7)8-4-11-12(21-6-20-11)5-9(8)16(18)22-15/h3-5,17H,6H2,1-2H3. The maximum atomic E-state index is 12.3. The molecule has 0 amide bonds. The number of ether oxygens (including phenoxy) is 3. The minimum Gasteiger partial charge on any atom is -0.504 e. The number of aryl methyl sites for hydroxylation is 1. The summed E-state index contributed by atoms with van der Waals surface area (Å²) in [4.78, 5) is 12.3. The lowest BCUT2D eigenvalue weighted by Gasteiger charge is -2.11. The fraction of sp³-hybridized carbons (Fsp3) is 0.188. The highest BCUT2D eigenvalue weighted by Crippen LogP contribution is 2.42. The van der Waals surface area contributed by atoms with Crippen molar-refractivity contribution in [3.05, 3.63) is 34.2 Å². The van der Waals surface area contributed by atoms with Crippen LogP contribution in [0.15, 0.2) is 27.4 Å². The first kappa shape index (κ1) is 12.8. The van der Waals surface area contributed by atoms with Crippen LogP contribution in [-0.2, 0) is 0 Å². The van der Waals surface area contributed by atoms with Gasteiger partial charge in [0.1, 0.15) is 0 Å². The number of hydrogen-bond donors (Lipinski definition) is 1. The Morgan fingerprint density at radius 1 is 1.14 bits per heavy atom. The number of fused-ring (bicyclic) bond motifs is 4. The zero-order valence-electron chi connectivity index (χ0n) is 11.9. The van der Waals surface area contributed by atoms with E-state index in [4.69, 9.17) is 18.6 Å². The third-order valence-corrected chi connectivity index (χ3v) is 3.81. The van der Waals surface area contributed by atoms with Crippen molar-refractivity contribution >= 4 is 21.7 Å². The first-order chi connectivity index (χ1) is 10.6. The normalized spacial score (nSPS) is 13.0. The Hall–Kier alpha value is -2.89. The van der Waals surface area contributed by atoms with Gasteiger partial charge in [-0.2, -0.15) is 0 Å². The van der Waals surface area contributed by atoms with E-state index in [0.717, 1.165) is 5.56 Å². The van der Waals surface area contributed by atoms with Gasteiger partial charge in [0.2, 0.25) is 12.5 Å². The molecule has 0 radical (unpaired) electrons. The van der Waals surface area contributed by atoms with E-state index in [2.05, 4.69) is 0 Å². The molecule has 2 heterocycles. The average Bonchev–Trinajstić information content (AvgIpc) is 2.93. The maximum Gasteiger partial charge on any atom is 0.344 e. The second kappa shape index (κ2) is 4.30. The van der Waals surface area contributed by atoms with Crippen molar-refractivity contribution in [2.75, 3.05) is 13.9 Å². The Labute approximate surface area is 124 Å². The zero-order valence-corrected chi connectivity index (χ0v) is 11.9. The summed E-state index contributed by atoms with van der Waals surface area (Å²) in [5, 5.41) is 11.7. The van der Waals surface area contributed by atoms with Crippen LogP contribution >= 0.6 is 0 Å². The molecule has 112 valence electrons. The van der Waals surface area contributed by atoms with Crippen LogP contribution in [0.5, 0.6) is 23.0 Å². The molecule has 6 heteroatoms. The molecule has 3 aromatic rings. The number of rotatable bonds is 1. The summed E-state index contributed by atoms with van der Waals surface area (Å²) >= 11 is 0. The second-order valence-corrected chi connectivity index (χ2v) is 5.09. The molecular weight excluding hydrogens is 288 g/mol. The third-order valence-electron chi connectivity index (χ3n) is 3.81. The molecule has 0 atom stereocenters. The highest BCUT2D eigenvalue weighted by atomic mass is 16.7. The van der Waals surface area contributed by atoms with Crippen LogP contribution in [0.25, 0.3) is 21.7 Å². The molecular formula is C16H12O6. The van der Waals surface area contributed by atoms with E-state index in [-0.39, 0.29) is 23.9 Å². The predicted octanol–water partition coefficient (Wildman–Crippen LogP) is 2.70. The van der Waals surface area contributed by atoms with Gasteiger partial charge >= 0.3 is 5.63 Å². The summed E-state index contributed by atoms with van der Waals surface area (Å²) in [6.07, 6.45) is 0. The van der Waals surface area contributed by atoms with Gasteiger partial charge in [0.25, 0.3) is 0 Å². The number of aromatic hydroxyl groups is 1. The molecule has 0 spiro atoms. The van der Waals surface area contributed by atoms with E-state index in [1.807, 2.05) is 6.92 Å². The largest absolute Gasteiger partial charge is 0.504 e. The molecule has 0 aliphatic carbocycles. The first-order valence-electron chi connectivity index (χ1n) is 6.67. The van der Waals surface area contributed by atoms with Crippen molar-refractivity contribution in [3.63, 3.8) is 0 Å². The minimum atomic E-state index is -0.524. The Morgan fingerprint density at radius 2 is 1.82 bits per heavy atom. The number of hydrogen-bond acceptors (Lipinski definition) is 6. The van der Waals surface area contributed by atoms with Crippen molar-refractivity contribution in [3.8, 4) is 23.0 Å². The van der Waals surface area contributed by atoms with Gasteiger partial charge in [0.05, 0.1) is 12.5 Å². The summed E-state index contributed by atoms with van der Waals surface area (Å²) in [5.41, 5.74) is 0.460. The van der Waals surface area contributed by atoms with Crippen molar-refractivity contribution in [2.24, 2.45) is 0 Å². The molecule has 0 saturated carbocycles. The Kier molecular flexibility index (Phi) is 2.51. The quantitative estimate of drug-likeness (QED) is 0.550. The molecule has 2 aromatic carbocycles. The van der Waals surface area contributed by atoms with E-state index in [0.29, 0.717) is 27.7 Å². The molecule has 6 nitrogen and oxygen atoms in total. The summed E-state index contributed by atoms with van der Waals surface area (Å²) in [6, 6.07) is 4.94. The number of benzene rings is 2. The molecule has 1 aromatic heterocycles. The molecule has 0 fully saturated rings. The SMILES string of the molecule is COc1c(O)cc(C)c2c1oc(=O)c1cc3c(cc12)OCO3. The molecule has 0 saturated heterocycles. The fourth-order valence-corrected chi connectivity index (χ4v) is 2.85. The number of phenols is 1. The molecule has 0 unspecified atom stereocenters. The lowest BCUT2D eigenvalue weighted by atomic mass is 10.0. The van der Waals surface area contributed by atoms with E-state index in [1.165, 1.54) is 7.11 Å². The second-order valence-electron chi connectivity index (χ2n) is 5.09. The maximum absolute atomic E-state index is 12.3. The van der Waals surface area contributed by atoms with Crippen LogP contribution in [-0.4, -0.2) is 19.0 Å². The zero-order chi connectivity index (χ0) is 15.4. The van der Waals surface area contributed by atoms with Gasteiger partial charge in [0, 0.05) is 10.8 Å². The Balaban J connectivity index is 2.26. The number of methoxy groups -OCH3 is 1. The third kappa shape index (κ3) is 1.57. The monoisotopic (exact) mass is 300 g/mol. The van der Waals surface area contributed by atoms with E-state index < -0.39 is 5.63 Å². The average molecular weight is 300 g/mol. The van der Waals surface area contributed by atoms with Crippen molar-refractivity contribution in [1.82, 2.24) is 0 Å². The number of phenolic OH excluding ortho intramolecular Hbond substituents is 1. The summed E-state index contributed by atoms with van der Waals surface area (Å²) in [5.74, 6) is 1.15. The first-order valence-corrected chi connectivity index (χ1v) is 6.67. The Bertz CT molecular complexity index is 986. The van der Waals surface area contributed by atoms with Gasteiger partial charge in [-0.25, -0.2) is 4.79 Å². The van der Waals surface area contributed by atoms with Gasteiger partial charge in [-0.1, -0.05) is 0 Å². The van der Waals surface area contributed by atoms with Gasteiger partial charge in [-0.05, 0) is 30.7 Å². The predicted molar refractivity (Wildman–Crippen MR) is 79.1 cm³/mol. The minimum absolute atomic E-state index is 0.0734. The van der Waals surface area contributed by atoms with Crippen LogP contribution in [0.3, 0.4) is 0 Å². The summed E-state index contributed by atoms with van der Waals surface area (Å²) < 4.78 is 21.2. The lowest BCUT2D eigenvalue weighted by molar-refractivity contribution is 0.174. The summed E-state index contributed by atoms with van der Waals surface area (Å²) in [6.45, 7) is 1.95. The van der Waals surface area contributed by atoms with E-state index >= 15 is 0 Å². The van der Waals surface area contributed by atoms with Crippen molar-refractivity contribution < 1.29 is 23.7 Å². The van der Waals surface area contributed by atoms with Gasteiger partial charge in [-0.3, -0.25) is 0 Å². The summed E-state index contributed by atoms with van der Waals surface area (Å²) in [7, 11) is 1.41. The van der Waals surface area contributed by atoms with Gasteiger partial charge in [0.15, 0.2) is 22.8 Å². The smallest absolute Gasteiger partial charge is 0.344 e. The van der Waals surface area contributed by atoms with Crippen molar-refractivity contribution in [1.29, 1.82) is 0 Å². The van der Waals surface area contributed by atoms with Crippen molar-refractivity contribution in [2.45, 2.75) is 6.92 Å². The topological polar surface area (TPSA) is 78.1 Å². The van der Waals surface area contributed by atoms with Crippen LogP contribution in [0.1, 0.15) is 5.56 Å².